The van der Waals surface area contributed by atoms with Gasteiger partial charge in [0.1, 0.15) is 11.8 Å². The van der Waals surface area contributed by atoms with Crippen molar-refractivity contribution in [3.63, 3.8) is 0 Å². The molecule has 0 fully saturated rings. The molecule has 3 N–H and O–H groups in total. The fourth-order valence-corrected chi connectivity index (χ4v) is 3.54. The number of rotatable bonds is 5. The van der Waals surface area contributed by atoms with Crippen LogP contribution in [0.25, 0.3) is 11.4 Å². The zero-order chi connectivity index (χ0) is 20.5. The summed E-state index contributed by atoms with van der Waals surface area (Å²) >= 11 is 5.98. The highest BCUT2D eigenvalue weighted by molar-refractivity contribution is 6.30. The second kappa shape index (κ2) is 7.60. The first kappa shape index (κ1) is 19.0. The number of ether oxygens (including phenoxy) is 1. The van der Waals surface area contributed by atoms with Crippen LogP contribution in [0.5, 0.6) is 5.75 Å². The molecule has 29 heavy (non-hydrogen) atoms. The van der Waals surface area contributed by atoms with E-state index in [1.54, 1.807) is 16.8 Å². The Morgan fingerprint density at radius 2 is 1.90 bits per heavy atom. The van der Waals surface area contributed by atoms with E-state index in [1.807, 2.05) is 50.2 Å². The third-order valence-electron chi connectivity index (χ3n) is 4.73. The van der Waals surface area contributed by atoms with Gasteiger partial charge in [0.25, 0.3) is 0 Å². The molecule has 0 spiro atoms. The molecule has 1 atom stereocenters. The van der Waals surface area contributed by atoms with Gasteiger partial charge in [0.15, 0.2) is 5.82 Å². The lowest BCUT2D eigenvalue weighted by Crippen LogP contribution is -2.31. The Balaban J connectivity index is 1.81. The summed E-state index contributed by atoms with van der Waals surface area (Å²) in [5, 5.41) is 8.44. The molecule has 2 heterocycles. The number of carbonyl (C=O) groups excluding carboxylic acids is 1. The minimum absolute atomic E-state index is 0.439. The number of carbonyl (C=O) groups is 1. The van der Waals surface area contributed by atoms with E-state index in [9.17, 15) is 4.79 Å². The molecule has 4 rings (SSSR count). The summed E-state index contributed by atoms with van der Waals surface area (Å²) in [7, 11) is 0. The Labute approximate surface area is 173 Å². The lowest BCUT2D eigenvalue weighted by molar-refractivity contribution is -0.115. The Morgan fingerprint density at radius 1 is 1.21 bits per heavy atom. The number of primary amides is 1. The molecule has 0 saturated heterocycles. The van der Waals surface area contributed by atoms with Gasteiger partial charge < -0.3 is 15.8 Å². The number of fused-ring (bicyclic) bond motifs is 1. The van der Waals surface area contributed by atoms with Crippen molar-refractivity contribution in [1.29, 1.82) is 0 Å². The molecular weight excluding hydrogens is 390 g/mol. The molecule has 1 unspecified atom stereocenters. The molecule has 2 aromatic carbocycles. The topological polar surface area (TPSA) is 95.1 Å². The fourth-order valence-electron chi connectivity index (χ4n) is 3.41. The lowest BCUT2D eigenvalue weighted by Gasteiger charge is -2.27. The van der Waals surface area contributed by atoms with Crippen LogP contribution >= 0.6 is 11.6 Å². The van der Waals surface area contributed by atoms with Crippen LogP contribution in [-0.4, -0.2) is 27.3 Å². The zero-order valence-electron chi connectivity index (χ0n) is 16.0. The van der Waals surface area contributed by atoms with E-state index in [4.69, 9.17) is 22.1 Å². The third-order valence-corrected chi connectivity index (χ3v) is 4.98. The summed E-state index contributed by atoms with van der Waals surface area (Å²) in [6, 6.07) is 14.3. The molecule has 148 valence electrons. The number of halogens is 1. The number of amides is 1. The highest BCUT2D eigenvalue weighted by Crippen LogP contribution is 2.36. The van der Waals surface area contributed by atoms with Crippen LogP contribution in [0, 0.1) is 0 Å². The maximum atomic E-state index is 12.3. The minimum atomic E-state index is -0.511. The van der Waals surface area contributed by atoms with Crippen LogP contribution in [0.1, 0.15) is 25.5 Å². The number of anilines is 1. The zero-order valence-corrected chi connectivity index (χ0v) is 16.8. The van der Waals surface area contributed by atoms with Crippen molar-refractivity contribution in [3.8, 4) is 17.1 Å². The monoisotopic (exact) mass is 409 g/mol. The summed E-state index contributed by atoms with van der Waals surface area (Å²) in [6.07, 6.45) is 0. The number of nitrogens with one attached hydrogen (secondary N) is 1. The predicted molar refractivity (Wildman–Crippen MR) is 112 cm³/mol. The molecule has 0 aliphatic carbocycles. The van der Waals surface area contributed by atoms with Crippen molar-refractivity contribution in [2.24, 2.45) is 5.73 Å². The van der Waals surface area contributed by atoms with E-state index in [0.29, 0.717) is 34.7 Å². The summed E-state index contributed by atoms with van der Waals surface area (Å²) in [5.74, 6) is 1.31. The first-order valence-corrected chi connectivity index (χ1v) is 9.58. The van der Waals surface area contributed by atoms with Crippen molar-refractivity contribution >= 4 is 23.5 Å². The predicted octanol–water partition coefficient (Wildman–Crippen LogP) is 3.77. The van der Waals surface area contributed by atoms with Gasteiger partial charge in [-0.25, -0.2) is 4.68 Å². The van der Waals surface area contributed by atoms with E-state index in [0.717, 1.165) is 16.9 Å². The van der Waals surface area contributed by atoms with Gasteiger partial charge in [-0.05, 0) is 55.8 Å². The summed E-state index contributed by atoms with van der Waals surface area (Å²) in [6.45, 7) is 4.32. The number of aromatic nitrogens is 3. The Kier molecular flexibility index (Phi) is 4.98. The Hall–Kier alpha value is -3.32. The smallest absolute Gasteiger partial charge is 0.248 e. The molecule has 8 heteroatoms. The van der Waals surface area contributed by atoms with Crippen LogP contribution in [0.2, 0.25) is 5.02 Å². The van der Waals surface area contributed by atoms with Gasteiger partial charge in [0, 0.05) is 16.3 Å². The molecule has 1 aliphatic heterocycles. The molecule has 1 amide bonds. The summed E-state index contributed by atoms with van der Waals surface area (Å²) < 4.78 is 7.21. The molecule has 0 bridgehead atoms. The second-order valence-corrected chi connectivity index (χ2v) is 7.08. The van der Waals surface area contributed by atoms with E-state index in [1.165, 1.54) is 0 Å². The molecule has 3 aromatic rings. The Bertz CT molecular complexity index is 1090. The molecule has 1 aromatic heterocycles. The van der Waals surface area contributed by atoms with Gasteiger partial charge in [0.2, 0.25) is 11.9 Å². The fraction of sp³-hybridized carbons (Fsp3) is 0.190. The van der Waals surface area contributed by atoms with Crippen LogP contribution in [0.3, 0.4) is 0 Å². The normalized spacial score (nSPS) is 15.6. The number of nitrogens with two attached hydrogens (primary N) is 1. The standard InChI is InChI=1S/C21H20ClN5O2/c1-3-29-16-10-6-13(7-11-16)18-17(19(23)28)12(2)24-21-25-20(26-27(18)21)14-4-8-15(22)9-5-14/h4-11,18H,3H2,1-2H3,(H2,23,28)(H,24,25,26). The first-order chi connectivity index (χ1) is 14.0. The number of allylic oxidation sites excluding steroid dienone is 1. The molecular formula is C21H20ClN5O2. The molecule has 1 aliphatic rings. The second-order valence-electron chi connectivity index (χ2n) is 6.64. The highest BCUT2D eigenvalue weighted by atomic mass is 35.5. The van der Waals surface area contributed by atoms with Crippen molar-refractivity contribution in [2.45, 2.75) is 19.9 Å². The van der Waals surface area contributed by atoms with Gasteiger partial charge in [-0.15, -0.1) is 5.10 Å². The van der Waals surface area contributed by atoms with Crippen molar-refractivity contribution < 1.29 is 9.53 Å². The van der Waals surface area contributed by atoms with E-state index in [-0.39, 0.29) is 0 Å². The van der Waals surface area contributed by atoms with Crippen LogP contribution in [-0.2, 0) is 4.79 Å². The minimum Gasteiger partial charge on any atom is -0.494 e. The van der Waals surface area contributed by atoms with E-state index < -0.39 is 11.9 Å². The first-order valence-electron chi connectivity index (χ1n) is 9.20. The van der Waals surface area contributed by atoms with E-state index in [2.05, 4.69) is 15.4 Å². The van der Waals surface area contributed by atoms with Gasteiger partial charge >= 0.3 is 0 Å². The van der Waals surface area contributed by atoms with Crippen LogP contribution in [0.4, 0.5) is 5.95 Å². The van der Waals surface area contributed by atoms with Gasteiger partial charge in [-0.3, -0.25) is 4.79 Å². The number of benzene rings is 2. The van der Waals surface area contributed by atoms with Gasteiger partial charge in [-0.1, -0.05) is 23.7 Å². The largest absolute Gasteiger partial charge is 0.494 e. The van der Waals surface area contributed by atoms with Crippen LogP contribution < -0.4 is 15.8 Å². The summed E-state index contributed by atoms with van der Waals surface area (Å²) in [5.41, 5.74) is 8.49. The lowest BCUT2D eigenvalue weighted by atomic mass is 9.95. The van der Waals surface area contributed by atoms with E-state index >= 15 is 0 Å². The maximum Gasteiger partial charge on any atom is 0.248 e. The van der Waals surface area contributed by atoms with Crippen molar-refractivity contribution in [1.82, 2.24) is 14.8 Å². The van der Waals surface area contributed by atoms with Gasteiger partial charge in [0.05, 0.1) is 12.2 Å². The molecule has 7 nitrogen and oxygen atoms in total. The summed E-state index contributed by atoms with van der Waals surface area (Å²) in [4.78, 5) is 16.9. The number of hydrogen-bond acceptors (Lipinski definition) is 5. The molecule has 0 radical (unpaired) electrons. The SMILES string of the molecule is CCOc1ccc(C2C(C(N)=O)=C(C)Nc3nc(-c4ccc(Cl)cc4)nn32)cc1. The number of nitrogens with zero attached hydrogens (tertiary/aromatic N) is 3. The maximum absolute atomic E-state index is 12.3. The molecule has 0 saturated carbocycles. The number of hydrogen-bond donors (Lipinski definition) is 2. The average Bonchev–Trinajstić information content (AvgIpc) is 3.11. The van der Waals surface area contributed by atoms with Gasteiger partial charge in [-0.2, -0.15) is 4.98 Å². The van der Waals surface area contributed by atoms with Crippen molar-refractivity contribution in [2.75, 3.05) is 11.9 Å². The average molecular weight is 410 g/mol. The van der Waals surface area contributed by atoms with Crippen molar-refractivity contribution in [3.05, 3.63) is 70.4 Å². The quantitative estimate of drug-likeness (QED) is 0.668. The van der Waals surface area contributed by atoms with Crippen LogP contribution in [0.15, 0.2) is 59.8 Å². The third kappa shape index (κ3) is 3.56. The highest BCUT2D eigenvalue weighted by Gasteiger charge is 2.33. The Morgan fingerprint density at radius 3 is 2.52 bits per heavy atom.